The number of Topliss-reactive ketones (excluding diaryl/α,β-unsaturated/α-hetero) is 1. The van der Waals surface area contributed by atoms with Crippen LogP contribution in [0.1, 0.15) is 53.4 Å². The molecule has 21 heavy (non-hydrogen) atoms. The van der Waals surface area contributed by atoms with Gasteiger partial charge >= 0.3 is 12.2 Å². The lowest BCUT2D eigenvalue weighted by molar-refractivity contribution is -0.126. The molecule has 120 valence electrons. The summed E-state index contributed by atoms with van der Waals surface area (Å²) in [6.45, 7) is 6.79. The number of ketones is 1. The van der Waals surface area contributed by atoms with Crippen molar-refractivity contribution in [1.82, 2.24) is 10.4 Å². The van der Waals surface area contributed by atoms with Gasteiger partial charge in [0.15, 0.2) is 5.78 Å². The first-order chi connectivity index (χ1) is 9.81. The van der Waals surface area contributed by atoms with E-state index in [1.54, 1.807) is 27.7 Å². The molecule has 0 saturated heterocycles. The predicted molar refractivity (Wildman–Crippen MR) is 75.5 cm³/mol. The Kier molecular flexibility index (Phi) is 6.45. The number of hydrogen-bond acceptors (Lipinski definition) is 5. The number of nitrogens with zero attached hydrogens (tertiary/aromatic N) is 1. The first-order valence-corrected chi connectivity index (χ1v) is 7.31. The molecular formula is C14H24N2O5. The highest BCUT2D eigenvalue weighted by atomic mass is 16.6. The van der Waals surface area contributed by atoms with Gasteiger partial charge in [-0.2, -0.15) is 0 Å². The third-order valence-electron chi connectivity index (χ3n) is 2.92. The highest BCUT2D eigenvalue weighted by Crippen LogP contribution is 2.19. The average molecular weight is 300 g/mol. The summed E-state index contributed by atoms with van der Waals surface area (Å²) in [6.07, 6.45) is 0.346. The molecule has 0 aromatic rings. The molecule has 1 saturated carbocycles. The number of hydrogen-bond donors (Lipinski definition) is 1. The van der Waals surface area contributed by atoms with Crippen LogP contribution in [0.4, 0.5) is 9.59 Å². The van der Waals surface area contributed by atoms with Crippen LogP contribution in [0.15, 0.2) is 0 Å². The van der Waals surface area contributed by atoms with Gasteiger partial charge in [0, 0.05) is 6.42 Å². The fourth-order valence-electron chi connectivity index (χ4n) is 2.09. The minimum absolute atomic E-state index is 0.0770. The van der Waals surface area contributed by atoms with Crippen LogP contribution in [-0.2, 0) is 14.3 Å². The maximum atomic E-state index is 12.1. The largest absolute Gasteiger partial charge is 0.446 e. The van der Waals surface area contributed by atoms with E-state index in [1.807, 2.05) is 0 Å². The minimum atomic E-state index is -0.774. The van der Waals surface area contributed by atoms with Crippen LogP contribution in [0, 0.1) is 0 Å². The zero-order chi connectivity index (χ0) is 16.0. The monoisotopic (exact) mass is 300 g/mol. The fraction of sp³-hybridized carbons (Fsp3) is 0.786. The predicted octanol–water partition coefficient (Wildman–Crippen LogP) is 2.39. The number of ether oxygens (including phenoxy) is 2. The second-order valence-electron chi connectivity index (χ2n) is 5.60. The average Bonchev–Trinajstić information content (AvgIpc) is 2.35. The Morgan fingerprint density at radius 3 is 2.29 bits per heavy atom. The molecule has 2 amide bonds. The Labute approximate surface area is 124 Å². The van der Waals surface area contributed by atoms with Gasteiger partial charge in [0.1, 0.15) is 6.04 Å². The summed E-state index contributed by atoms with van der Waals surface area (Å²) in [5.74, 6) is -0.0770. The summed E-state index contributed by atoms with van der Waals surface area (Å²) < 4.78 is 10.0. The van der Waals surface area contributed by atoms with E-state index in [-0.39, 0.29) is 18.0 Å². The van der Waals surface area contributed by atoms with Crippen molar-refractivity contribution in [2.75, 3.05) is 0 Å². The first-order valence-electron chi connectivity index (χ1n) is 7.31. The highest BCUT2D eigenvalue weighted by molar-refractivity contribution is 5.88. The van der Waals surface area contributed by atoms with Gasteiger partial charge < -0.3 is 9.47 Å². The summed E-state index contributed by atoms with van der Waals surface area (Å²) >= 11 is 0. The maximum Gasteiger partial charge on any atom is 0.429 e. The molecule has 7 nitrogen and oxygen atoms in total. The number of carbonyl (C=O) groups excluding carboxylic acids is 3. The third kappa shape index (κ3) is 5.61. The summed E-state index contributed by atoms with van der Waals surface area (Å²) in [7, 11) is 0. The molecule has 0 bridgehead atoms. The fourth-order valence-corrected chi connectivity index (χ4v) is 2.09. The Bertz CT molecular complexity index is 395. The smallest absolute Gasteiger partial charge is 0.429 e. The van der Waals surface area contributed by atoms with Crippen molar-refractivity contribution in [2.45, 2.75) is 71.6 Å². The second-order valence-corrected chi connectivity index (χ2v) is 5.60. The lowest BCUT2D eigenvalue weighted by Crippen LogP contribution is -2.56. The van der Waals surface area contributed by atoms with Gasteiger partial charge in [0.25, 0.3) is 0 Å². The van der Waals surface area contributed by atoms with Gasteiger partial charge in [0.2, 0.25) is 0 Å². The van der Waals surface area contributed by atoms with Crippen molar-refractivity contribution in [3.05, 3.63) is 0 Å². The Hall–Kier alpha value is -1.79. The van der Waals surface area contributed by atoms with Crippen LogP contribution in [0.3, 0.4) is 0 Å². The van der Waals surface area contributed by atoms with E-state index in [0.717, 1.165) is 17.9 Å². The molecule has 1 aliphatic carbocycles. The van der Waals surface area contributed by atoms with Gasteiger partial charge in [-0.25, -0.2) is 20.0 Å². The highest BCUT2D eigenvalue weighted by Gasteiger charge is 2.34. The molecule has 7 heteroatoms. The summed E-state index contributed by atoms with van der Waals surface area (Å²) in [5, 5.41) is 0.964. The van der Waals surface area contributed by atoms with E-state index < -0.39 is 18.2 Å². The molecular weight excluding hydrogens is 276 g/mol. The zero-order valence-electron chi connectivity index (χ0n) is 13.0. The Balaban J connectivity index is 2.80. The normalized spacial score (nSPS) is 18.6. The molecule has 0 aromatic carbocycles. The second kappa shape index (κ2) is 7.85. The van der Waals surface area contributed by atoms with Gasteiger partial charge in [-0.05, 0) is 40.5 Å². The number of rotatable bonds is 3. The molecule has 0 spiro atoms. The van der Waals surface area contributed by atoms with Crippen molar-refractivity contribution in [2.24, 2.45) is 0 Å². The first kappa shape index (κ1) is 17.3. The lowest BCUT2D eigenvalue weighted by atomic mass is 9.94. The number of carbonyl (C=O) groups is 3. The van der Waals surface area contributed by atoms with Gasteiger partial charge in [0.05, 0.1) is 12.2 Å². The molecule has 0 aliphatic heterocycles. The molecule has 0 heterocycles. The van der Waals surface area contributed by atoms with Crippen LogP contribution in [0.2, 0.25) is 0 Å². The van der Waals surface area contributed by atoms with Gasteiger partial charge in [-0.1, -0.05) is 6.42 Å². The van der Waals surface area contributed by atoms with E-state index in [2.05, 4.69) is 5.43 Å². The standard InChI is InChI=1S/C14H24N2O5/c1-9(2)20-13(18)15-16(14(19)21-10(3)4)11-7-5-6-8-12(11)17/h9-11H,5-8H2,1-4H3,(H,15,18)/t11-/m1/s1. The van der Waals surface area contributed by atoms with E-state index >= 15 is 0 Å². The third-order valence-corrected chi connectivity index (χ3v) is 2.92. The molecule has 1 N–H and O–H groups in total. The Morgan fingerprint density at radius 1 is 1.14 bits per heavy atom. The van der Waals surface area contributed by atoms with E-state index in [4.69, 9.17) is 9.47 Å². The van der Waals surface area contributed by atoms with E-state index in [0.29, 0.717) is 12.8 Å². The molecule has 1 fully saturated rings. The van der Waals surface area contributed by atoms with Crippen molar-refractivity contribution in [3.8, 4) is 0 Å². The SMILES string of the molecule is CC(C)OC(=O)NN(C(=O)OC(C)C)[C@@H]1CCCCC1=O. The maximum absolute atomic E-state index is 12.1. The van der Waals surface area contributed by atoms with Crippen LogP contribution in [0.25, 0.3) is 0 Å². The van der Waals surface area contributed by atoms with Crippen LogP contribution in [-0.4, -0.2) is 41.2 Å². The summed E-state index contributed by atoms with van der Waals surface area (Å²) in [5.41, 5.74) is 2.33. The number of hydrazine groups is 1. The molecule has 0 unspecified atom stereocenters. The minimum Gasteiger partial charge on any atom is -0.446 e. The molecule has 1 rings (SSSR count). The Morgan fingerprint density at radius 2 is 1.76 bits per heavy atom. The van der Waals surface area contributed by atoms with Gasteiger partial charge in [-0.3, -0.25) is 4.79 Å². The number of amides is 2. The molecule has 0 radical (unpaired) electrons. The van der Waals surface area contributed by atoms with Crippen molar-refractivity contribution in [3.63, 3.8) is 0 Å². The van der Waals surface area contributed by atoms with E-state index in [1.165, 1.54) is 0 Å². The van der Waals surface area contributed by atoms with Crippen molar-refractivity contribution >= 4 is 18.0 Å². The van der Waals surface area contributed by atoms with Crippen LogP contribution < -0.4 is 5.43 Å². The molecule has 0 aromatic heterocycles. The summed E-state index contributed by atoms with van der Waals surface area (Å²) in [6, 6.07) is -0.690. The van der Waals surface area contributed by atoms with Crippen LogP contribution in [0.5, 0.6) is 0 Å². The topological polar surface area (TPSA) is 84.9 Å². The number of nitrogens with one attached hydrogen (secondary N) is 1. The van der Waals surface area contributed by atoms with Crippen molar-refractivity contribution < 1.29 is 23.9 Å². The summed E-state index contributed by atoms with van der Waals surface area (Å²) in [4.78, 5) is 35.8. The van der Waals surface area contributed by atoms with Gasteiger partial charge in [-0.15, -0.1) is 0 Å². The van der Waals surface area contributed by atoms with Crippen LogP contribution >= 0.6 is 0 Å². The molecule has 1 aliphatic rings. The van der Waals surface area contributed by atoms with Crippen molar-refractivity contribution in [1.29, 1.82) is 0 Å². The van der Waals surface area contributed by atoms with E-state index in [9.17, 15) is 14.4 Å². The zero-order valence-corrected chi connectivity index (χ0v) is 13.0. The quantitative estimate of drug-likeness (QED) is 0.809. The lowest BCUT2D eigenvalue weighted by Gasteiger charge is -2.32. The molecule has 1 atom stereocenters.